The monoisotopic (exact) mass is 158 g/mol. The Labute approximate surface area is 64.0 Å². The number of carbonyl (C=O) groups is 1. The van der Waals surface area contributed by atoms with E-state index in [0.29, 0.717) is 6.42 Å². The molecule has 0 bridgehead atoms. The summed E-state index contributed by atoms with van der Waals surface area (Å²) in [6, 6.07) is 1.98. The summed E-state index contributed by atoms with van der Waals surface area (Å²) >= 11 is 1.29. The fourth-order valence-corrected chi connectivity index (χ4v) is 1.07. The molecule has 4 heteroatoms. The molecule has 0 N–H and O–H groups in total. The number of carbonyl (C=O) groups excluding carboxylic acids is 1. The van der Waals surface area contributed by atoms with E-state index in [1.165, 1.54) is 11.8 Å². The number of nitriles is 1. The van der Waals surface area contributed by atoms with Gasteiger partial charge in [0.1, 0.15) is 0 Å². The molecular formula is C6H8NO2S. The molecule has 0 aliphatic carbocycles. The molecule has 0 aromatic rings. The van der Waals surface area contributed by atoms with Gasteiger partial charge >= 0.3 is 5.97 Å². The first-order chi connectivity index (χ1) is 4.77. The number of hydrogen-bond acceptors (Lipinski definition) is 3. The van der Waals surface area contributed by atoms with Crippen LogP contribution in [0.3, 0.4) is 0 Å². The van der Waals surface area contributed by atoms with Crippen LogP contribution in [0, 0.1) is 11.3 Å². The van der Waals surface area contributed by atoms with Gasteiger partial charge in [0.2, 0.25) is 0 Å². The summed E-state index contributed by atoms with van der Waals surface area (Å²) in [4.78, 5) is 9.84. The van der Waals surface area contributed by atoms with Crippen molar-refractivity contribution in [1.82, 2.24) is 0 Å². The molecule has 0 atom stereocenters. The SMILES string of the molecule is N#CCCCSCC([O])=O. The number of nitrogens with zero attached hydrogens (tertiary/aromatic N) is 1. The third kappa shape index (κ3) is 7.31. The Morgan fingerprint density at radius 3 is 2.80 bits per heavy atom. The molecule has 55 valence electrons. The van der Waals surface area contributed by atoms with Crippen molar-refractivity contribution in [3.63, 3.8) is 0 Å². The first-order valence-corrected chi connectivity index (χ1v) is 4.07. The molecule has 0 fully saturated rings. The highest BCUT2D eigenvalue weighted by molar-refractivity contribution is 7.99. The molecule has 0 saturated heterocycles. The van der Waals surface area contributed by atoms with Crippen molar-refractivity contribution < 1.29 is 9.90 Å². The quantitative estimate of drug-likeness (QED) is 0.560. The summed E-state index contributed by atoms with van der Waals surface area (Å²) < 4.78 is 0. The van der Waals surface area contributed by atoms with Gasteiger partial charge in [-0.25, -0.2) is 9.90 Å². The summed E-state index contributed by atoms with van der Waals surface area (Å²) in [7, 11) is 0. The highest BCUT2D eigenvalue weighted by Gasteiger charge is 1.97. The molecule has 0 unspecified atom stereocenters. The zero-order valence-electron chi connectivity index (χ0n) is 5.50. The van der Waals surface area contributed by atoms with Crippen LogP contribution in [0.5, 0.6) is 0 Å². The Balaban J connectivity index is 2.92. The van der Waals surface area contributed by atoms with Gasteiger partial charge in [0.15, 0.2) is 0 Å². The van der Waals surface area contributed by atoms with Crippen LogP contribution in [0.15, 0.2) is 0 Å². The van der Waals surface area contributed by atoms with Crippen LogP contribution in [0.25, 0.3) is 0 Å². The fraction of sp³-hybridized carbons (Fsp3) is 0.667. The maximum atomic E-state index is 9.84. The van der Waals surface area contributed by atoms with Crippen molar-refractivity contribution in [1.29, 1.82) is 5.26 Å². The van der Waals surface area contributed by atoms with E-state index in [-0.39, 0.29) is 5.75 Å². The van der Waals surface area contributed by atoms with E-state index < -0.39 is 5.97 Å². The van der Waals surface area contributed by atoms with Crippen LogP contribution in [0.2, 0.25) is 0 Å². The third-order valence-corrected chi connectivity index (χ3v) is 1.81. The Kier molecular flexibility index (Phi) is 5.99. The van der Waals surface area contributed by atoms with Crippen LogP contribution in [-0.2, 0) is 9.90 Å². The molecule has 0 aliphatic heterocycles. The second kappa shape index (κ2) is 6.43. The average molecular weight is 158 g/mol. The van der Waals surface area contributed by atoms with Gasteiger partial charge in [-0.15, -0.1) is 11.8 Å². The topological polar surface area (TPSA) is 60.8 Å². The zero-order valence-corrected chi connectivity index (χ0v) is 6.32. The predicted octanol–water partition coefficient (Wildman–Crippen LogP) is 0.980. The highest BCUT2D eigenvalue weighted by atomic mass is 32.2. The Morgan fingerprint density at radius 2 is 2.30 bits per heavy atom. The maximum absolute atomic E-state index is 9.84. The van der Waals surface area contributed by atoms with Crippen LogP contribution < -0.4 is 0 Å². The second-order valence-electron chi connectivity index (χ2n) is 1.69. The van der Waals surface area contributed by atoms with E-state index in [4.69, 9.17) is 5.26 Å². The lowest BCUT2D eigenvalue weighted by Crippen LogP contribution is -1.96. The Hall–Kier alpha value is -0.690. The van der Waals surface area contributed by atoms with Crippen LogP contribution in [0.1, 0.15) is 12.8 Å². The molecule has 10 heavy (non-hydrogen) atoms. The van der Waals surface area contributed by atoms with Crippen molar-refractivity contribution in [2.24, 2.45) is 0 Å². The molecule has 0 rings (SSSR count). The van der Waals surface area contributed by atoms with Gasteiger partial charge in [-0.3, -0.25) is 0 Å². The molecule has 0 aromatic heterocycles. The molecule has 1 radical (unpaired) electrons. The minimum atomic E-state index is -1.04. The van der Waals surface area contributed by atoms with Crippen LogP contribution >= 0.6 is 11.8 Å². The van der Waals surface area contributed by atoms with Gasteiger partial charge in [0, 0.05) is 6.42 Å². The van der Waals surface area contributed by atoms with Crippen LogP contribution in [0.4, 0.5) is 0 Å². The molecule has 0 aromatic carbocycles. The van der Waals surface area contributed by atoms with Crippen molar-refractivity contribution in [2.75, 3.05) is 11.5 Å². The summed E-state index contributed by atoms with van der Waals surface area (Å²) in [5, 5.41) is 17.9. The average Bonchev–Trinajstić information content (AvgIpc) is 1.87. The number of thioether (sulfide) groups is 1. The van der Waals surface area contributed by atoms with Crippen molar-refractivity contribution in [2.45, 2.75) is 12.8 Å². The van der Waals surface area contributed by atoms with E-state index >= 15 is 0 Å². The molecule has 3 nitrogen and oxygen atoms in total. The lowest BCUT2D eigenvalue weighted by Gasteiger charge is -1.91. The van der Waals surface area contributed by atoms with Gasteiger partial charge in [-0.05, 0) is 12.2 Å². The Bertz CT molecular complexity index is 141. The van der Waals surface area contributed by atoms with Gasteiger partial charge < -0.3 is 0 Å². The molecule has 0 spiro atoms. The van der Waals surface area contributed by atoms with Crippen molar-refractivity contribution in [3.05, 3.63) is 0 Å². The predicted molar refractivity (Wildman–Crippen MR) is 37.9 cm³/mol. The summed E-state index contributed by atoms with van der Waals surface area (Å²) in [5.41, 5.74) is 0. The maximum Gasteiger partial charge on any atom is 0.365 e. The van der Waals surface area contributed by atoms with Gasteiger partial charge in [-0.2, -0.15) is 5.26 Å². The van der Waals surface area contributed by atoms with E-state index in [2.05, 4.69) is 0 Å². The summed E-state index contributed by atoms with van der Waals surface area (Å²) in [6.07, 6.45) is 1.26. The third-order valence-electron chi connectivity index (χ3n) is 0.797. The van der Waals surface area contributed by atoms with Gasteiger partial charge in [0.25, 0.3) is 0 Å². The standard InChI is InChI=1S/C6H8NO2S/c7-3-1-2-4-10-5-6(8)9/h1-2,4-5H2. The van der Waals surface area contributed by atoms with Gasteiger partial charge in [0.05, 0.1) is 11.8 Å². The number of hydrogen-bond donors (Lipinski definition) is 0. The number of unbranched alkanes of at least 4 members (excludes halogenated alkanes) is 1. The minimum absolute atomic E-state index is 0.0332. The Morgan fingerprint density at radius 1 is 1.60 bits per heavy atom. The van der Waals surface area contributed by atoms with E-state index in [1.807, 2.05) is 6.07 Å². The van der Waals surface area contributed by atoms with E-state index in [1.54, 1.807) is 0 Å². The first kappa shape index (κ1) is 9.31. The number of rotatable bonds is 5. The smallest absolute Gasteiger partial charge is 0.246 e. The van der Waals surface area contributed by atoms with E-state index in [0.717, 1.165) is 12.2 Å². The lowest BCUT2D eigenvalue weighted by molar-refractivity contribution is -0.139. The van der Waals surface area contributed by atoms with E-state index in [9.17, 15) is 9.90 Å². The van der Waals surface area contributed by atoms with Crippen molar-refractivity contribution >= 4 is 17.7 Å². The normalized spacial score (nSPS) is 8.70. The van der Waals surface area contributed by atoms with Gasteiger partial charge in [-0.1, -0.05) is 0 Å². The van der Waals surface area contributed by atoms with Crippen molar-refractivity contribution in [3.8, 4) is 6.07 Å². The largest absolute Gasteiger partial charge is 0.365 e. The highest BCUT2D eigenvalue weighted by Crippen LogP contribution is 2.02. The fourth-order valence-electron chi connectivity index (χ4n) is 0.409. The molecule has 0 heterocycles. The zero-order chi connectivity index (χ0) is 7.82. The summed E-state index contributed by atoms with van der Waals surface area (Å²) in [6.45, 7) is 0. The molecule has 0 aliphatic rings. The molecule has 0 amide bonds. The molecular weight excluding hydrogens is 150 g/mol. The lowest BCUT2D eigenvalue weighted by atomic mass is 10.4. The summed E-state index contributed by atoms with van der Waals surface area (Å²) in [5.74, 6) is -0.283. The minimum Gasteiger partial charge on any atom is -0.246 e. The van der Waals surface area contributed by atoms with Crippen LogP contribution in [-0.4, -0.2) is 17.5 Å². The first-order valence-electron chi connectivity index (χ1n) is 2.92. The molecule has 0 saturated carbocycles. The second-order valence-corrected chi connectivity index (χ2v) is 2.79.